The van der Waals surface area contributed by atoms with Gasteiger partial charge in [0, 0.05) is 11.6 Å². The number of nitrogens with one attached hydrogen (secondary N) is 1. The van der Waals surface area contributed by atoms with Gasteiger partial charge in [-0.3, -0.25) is 10.1 Å². The Morgan fingerprint density at radius 2 is 1.96 bits per heavy atom. The number of nitro benzene ring substituents is 1. The van der Waals surface area contributed by atoms with E-state index >= 15 is 0 Å². The van der Waals surface area contributed by atoms with E-state index in [0.717, 1.165) is 5.56 Å². The molecule has 0 saturated carbocycles. The van der Waals surface area contributed by atoms with Crippen LogP contribution in [0.3, 0.4) is 0 Å². The van der Waals surface area contributed by atoms with E-state index in [1.54, 1.807) is 32.0 Å². The van der Waals surface area contributed by atoms with Gasteiger partial charge in [-0.2, -0.15) is 0 Å². The number of benzene rings is 2. The number of methoxy groups -OCH3 is 1. The van der Waals surface area contributed by atoms with Crippen molar-refractivity contribution >= 4 is 11.8 Å². The van der Waals surface area contributed by atoms with Crippen LogP contribution in [0.2, 0.25) is 0 Å². The predicted octanol–water partition coefficient (Wildman–Crippen LogP) is 3.98. The van der Waals surface area contributed by atoms with Crippen molar-refractivity contribution in [2.45, 2.75) is 25.8 Å². The first kappa shape index (κ1) is 19.0. The third-order valence-electron chi connectivity index (χ3n) is 3.58. The first-order chi connectivity index (χ1) is 12.2. The number of amides is 1. The highest BCUT2D eigenvalue weighted by molar-refractivity contribution is 5.65. The minimum Gasteiger partial charge on any atom is -0.493 e. The molecule has 0 unspecified atom stereocenters. The average Bonchev–Trinajstić information content (AvgIpc) is 2.53. The topological polar surface area (TPSA) is 111 Å². The summed E-state index contributed by atoms with van der Waals surface area (Å²) in [5.74, 6) is 1.11. The molecule has 26 heavy (non-hydrogen) atoms. The number of rotatable bonds is 7. The lowest BCUT2D eigenvalue weighted by atomic mass is 9.95. The standard InChI is InChI=1S/C18H20N2O6/c1-18(2,19-17(21)22)11-12-5-4-6-14(9-12)26-15-8-7-13(20(23)24)10-16(15)25-3/h4-10,19H,11H2,1-3H3,(H,21,22). The van der Waals surface area contributed by atoms with Gasteiger partial charge in [-0.15, -0.1) is 0 Å². The third-order valence-corrected chi connectivity index (χ3v) is 3.58. The molecular weight excluding hydrogens is 340 g/mol. The Morgan fingerprint density at radius 3 is 2.58 bits per heavy atom. The summed E-state index contributed by atoms with van der Waals surface area (Å²) in [6.07, 6.45) is -0.619. The van der Waals surface area contributed by atoms with E-state index in [4.69, 9.17) is 14.6 Å². The molecule has 8 nitrogen and oxygen atoms in total. The molecule has 0 atom stereocenters. The monoisotopic (exact) mass is 360 g/mol. The molecule has 0 aliphatic heterocycles. The summed E-state index contributed by atoms with van der Waals surface area (Å²) >= 11 is 0. The lowest BCUT2D eigenvalue weighted by Crippen LogP contribution is -2.44. The molecule has 138 valence electrons. The highest BCUT2D eigenvalue weighted by atomic mass is 16.6. The maximum absolute atomic E-state index is 10.9. The average molecular weight is 360 g/mol. The smallest absolute Gasteiger partial charge is 0.405 e. The second-order valence-electron chi connectivity index (χ2n) is 6.33. The van der Waals surface area contributed by atoms with Crippen LogP contribution in [0.15, 0.2) is 42.5 Å². The lowest BCUT2D eigenvalue weighted by molar-refractivity contribution is -0.384. The summed E-state index contributed by atoms with van der Waals surface area (Å²) in [5.41, 5.74) is 0.141. The Bertz CT molecular complexity index is 819. The van der Waals surface area contributed by atoms with Crippen LogP contribution >= 0.6 is 0 Å². The van der Waals surface area contributed by atoms with E-state index in [1.807, 2.05) is 6.07 Å². The van der Waals surface area contributed by atoms with Crippen LogP contribution in [0.5, 0.6) is 17.2 Å². The SMILES string of the molecule is COc1cc([N+](=O)[O-])ccc1Oc1cccc(CC(C)(C)NC(=O)O)c1. The highest BCUT2D eigenvalue weighted by Gasteiger charge is 2.21. The summed E-state index contributed by atoms with van der Waals surface area (Å²) in [6, 6.07) is 11.3. The number of non-ortho nitro benzene ring substituents is 1. The van der Waals surface area contributed by atoms with Crippen molar-refractivity contribution in [1.82, 2.24) is 5.32 Å². The molecule has 0 saturated heterocycles. The molecule has 0 fully saturated rings. The van der Waals surface area contributed by atoms with Gasteiger partial charge in [-0.05, 0) is 44.0 Å². The summed E-state index contributed by atoms with van der Waals surface area (Å²) in [5, 5.41) is 22.2. The van der Waals surface area contributed by atoms with Gasteiger partial charge in [0.05, 0.1) is 18.1 Å². The van der Waals surface area contributed by atoms with Crippen molar-refractivity contribution in [3.05, 3.63) is 58.1 Å². The molecule has 1 amide bonds. The zero-order valence-corrected chi connectivity index (χ0v) is 14.7. The third kappa shape index (κ3) is 5.10. The summed E-state index contributed by atoms with van der Waals surface area (Å²) < 4.78 is 10.9. The number of nitrogens with zero attached hydrogens (tertiary/aromatic N) is 1. The van der Waals surface area contributed by atoms with Crippen LogP contribution < -0.4 is 14.8 Å². The van der Waals surface area contributed by atoms with Crippen molar-refractivity contribution in [1.29, 1.82) is 0 Å². The maximum Gasteiger partial charge on any atom is 0.405 e. The van der Waals surface area contributed by atoms with Crippen LogP contribution in [0.4, 0.5) is 10.5 Å². The number of nitro groups is 1. The summed E-state index contributed by atoms with van der Waals surface area (Å²) in [4.78, 5) is 21.2. The molecule has 0 radical (unpaired) electrons. The number of ether oxygens (including phenoxy) is 2. The van der Waals surface area contributed by atoms with Crippen LogP contribution in [-0.4, -0.2) is 28.8 Å². The van der Waals surface area contributed by atoms with Gasteiger partial charge in [-0.25, -0.2) is 4.79 Å². The van der Waals surface area contributed by atoms with Crippen molar-refractivity contribution in [2.24, 2.45) is 0 Å². The van der Waals surface area contributed by atoms with E-state index in [-0.39, 0.29) is 11.4 Å². The van der Waals surface area contributed by atoms with Crippen LogP contribution in [0.25, 0.3) is 0 Å². The van der Waals surface area contributed by atoms with Crippen molar-refractivity contribution in [3.63, 3.8) is 0 Å². The van der Waals surface area contributed by atoms with E-state index in [9.17, 15) is 14.9 Å². The van der Waals surface area contributed by atoms with E-state index in [0.29, 0.717) is 17.9 Å². The molecule has 2 N–H and O–H groups in total. The number of hydrogen-bond donors (Lipinski definition) is 2. The minimum atomic E-state index is -1.09. The fourth-order valence-corrected chi connectivity index (χ4v) is 2.54. The van der Waals surface area contributed by atoms with Gasteiger partial charge in [0.1, 0.15) is 5.75 Å². The Morgan fingerprint density at radius 1 is 1.23 bits per heavy atom. The van der Waals surface area contributed by atoms with Crippen molar-refractivity contribution in [2.75, 3.05) is 7.11 Å². The van der Waals surface area contributed by atoms with Gasteiger partial charge in [-0.1, -0.05) is 12.1 Å². The Kier molecular flexibility index (Phi) is 5.66. The van der Waals surface area contributed by atoms with Gasteiger partial charge < -0.3 is 19.9 Å². The van der Waals surface area contributed by atoms with Crippen molar-refractivity contribution in [3.8, 4) is 17.2 Å². The zero-order valence-electron chi connectivity index (χ0n) is 14.7. The molecule has 0 heterocycles. The molecule has 0 spiro atoms. The fraction of sp³-hybridized carbons (Fsp3) is 0.278. The molecule has 2 aromatic carbocycles. The first-order valence-electron chi connectivity index (χ1n) is 7.80. The largest absolute Gasteiger partial charge is 0.493 e. The number of hydrogen-bond acceptors (Lipinski definition) is 5. The molecule has 0 aliphatic carbocycles. The first-order valence-corrected chi connectivity index (χ1v) is 7.80. The quantitative estimate of drug-likeness (QED) is 0.570. The molecule has 0 aliphatic rings. The number of carboxylic acid groups (broad SMARTS) is 1. The van der Waals surface area contributed by atoms with Crippen LogP contribution in [-0.2, 0) is 6.42 Å². The maximum atomic E-state index is 10.9. The van der Waals surface area contributed by atoms with Crippen LogP contribution in [0, 0.1) is 10.1 Å². The van der Waals surface area contributed by atoms with Gasteiger partial charge in [0.15, 0.2) is 11.5 Å². The fourth-order valence-electron chi connectivity index (χ4n) is 2.54. The normalized spacial score (nSPS) is 10.9. The molecule has 2 aromatic rings. The zero-order chi connectivity index (χ0) is 19.3. The molecular formula is C18H20N2O6. The molecule has 8 heteroatoms. The Balaban J connectivity index is 2.21. The van der Waals surface area contributed by atoms with Gasteiger partial charge in [0.2, 0.25) is 0 Å². The van der Waals surface area contributed by atoms with E-state index < -0.39 is 16.6 Å². The van der Waals surface area contributed by atoms with Gasteiger partial charge in [0.25, 0.3) is 5.69 Å². The van der Waals surface area contributed by atoms with E-state index in [1.165, 1.54) is 25.3 Å². The predicted molar refractivity (Wildman–Crippen MR) is 95.1 cm³/mol. The Labute approximate surface area is 150 Å². The summed E-state index contributed by atoms with van der Waals surface area (Å²) in [7, 11) is 1.41. The van der Waals surface area contributed by atoms with Crippen LogP contribution in [0.1, 0.15) is 19.4 Å². The van der Waals surface area contributed by atoms with Gasteiger partial charge >= 0.3 is 6.09 Å². The molecule has 0 bridgehead atoms. The van der Waals surface area contributed by atoms with E-state index in [2.05, 4.69) is 5.32 Å². The molecule has 2 rings (SSSR count). The Hall–Kier alpha value is -3.29. The van der Waals surface area contributed by atoms with Crippen molar-refractivity contribution < 1.29 is 24.3 Å². The summed E-state index contributed by atoms with van der Waals surface area (Å²) in [6.45, 7) is 3.57. The lowest BCUT2D eigenvalue weighted by Gasteiger charge is -2.24. The second-order valence-corrected chi connectivity index (χ2v) is 6.33. The molecule has 0 aromatic heterocycles. The minimum absolute atomic E-state index is 0.0931. The second kappa shape index (κ2) is 7.73. The highest BCUT2D eigenvalue weighted by Crippen LogP contribution is 2.34. The number of carbonyl (C=O) groups is 1.